The van der Waals surface area contributed by atoms with Gasteiger partial charge in [0.25, 0.3) is 11.8 Å². The van der Waals surface area contributed by atoms with Gasteiger partial charge in [0.1, 0.15) is 5.75 Å². The summed E-state index contributed by atoms with van der Waals surface area (Å²) in [5.74, 6) is -0.227. The molecule has 1 aliphatic rings. The molecule has 9 heteroatoms. The SMILES string of the molecule is COCc1ccc(C(=O)Nc2ccc([S+]([O-])Cc3ccccc3)nc2C(=O)NCC2CCOCC2)c2ccccc12. The molecule has 2 N–H and O–H groups in total. The Labute approximate surface area is 242 Å². The van der Waals surface area contributed by atoms with E-state index in [0.717, 1.165) is 34.7 Å². The molecule has 2 amide bonds. The van der Waals surface area contributed by atoms with E-state index >= 15 is 0 Å². The van der Waals surface area contributed by atoms with Crippen LogP contribution in [0.2, 0.25) is 0 Å². The Morgan fingerprint density at radius 3 is 2.44 bits per heavy atom. The second-order valence-corrected chi connectivity index (χ2v) is 11.4. The lowest BCUT2D eigenvalue weighted by molar-refractivity contribution is 0.0642. The molecule has 1 saturated heterocycles. The van der Waals surface area contributed by atoms with Gasteiger partial charge in [-0.25, -0.2) is 0 Å². The molecule has 1 fully saturated rings. The monoisotopic (exact) mass is 571 g/mol. The first-order valence-electron chi connectivity index (χ1n) is 13.6. The predicted octanol–water partition coefficient (Wildman–Crippen LogP) is 5.10. The summed E-state index contributed by atoms with van der Waals surface area (Å²) in [5, 5.41) is 7.83. The van der Waals surface area contributed by atoms with Crippen LogP contribution in [0, 0.1) is 5.92 Å². The van der Waals surface area contributed by atoms with Crippen molar-refractivity contribution < 1.29 is 23.6 Å². The molecule has 1 aliphatic heterocycles. The van der Waals surface area contributed by atoms with Crippen molar-refractivity contribution in [2.24, 2.45) is 5.92 Å². The lowest BCUT2D eigenvalue weighted by Crippen LogP contribution is -2.33. The maximum Gasteiger partial charge on any atom is 0.272 e. The van der Waals surface area contributed by atoms with Crippen molar-refractivity contribution in [1.82, 2.24) is 10.3 Å². The zero-order valence-corrected chi connectivity index (χ0v) is 23.7. The van der Waals surface area contributed by atoms with E-state index in [1.165, 1.54) is 0 Å². The van der Waals surface area contributed by atoms with Crippen LogP contribution in [-0.4, -0.2) is 48.2 Å². The summed E-state index contributed by atoms with van der Waals surface area (Å²) >= 11 is -1.48. The molecule has 0 saturated carbocycles. The molecule has 1 aromatic heterocycles. The second kappa shape index (κ2) is 13.7. The zero-order chi connectivity index (χ0) is 28.6. The summed E-state index contributed by atoms with van der Waals surface area (Å²) in [7, 11) is 1.63. The van der Waals surface area contributed by atoms with E-state index in [-0.39, 0.29) is 28.1 Å². The number of ether oxygens (including phenoxy) is 2. The van der Waals surface area contributed by atoms with Crippen LogP contribution in [-0.2, 0) is 33.0 Å². The Bertz CT molecular complexity index is 1510. The van der Waals surface area contributed by atoms with Crippen LogP contribution < -0.4 is 10.6 Å². The quantitative estimate of drug-likeness (QED) is 0.256. The van der Waals surface area contributed by atoms with Crippen molar-refractivity contribution in [3.63, 3.8) is 0 Å². The zero-order valence-electron chi connectivity index (χ0n) is 22.9. The number of hydrogen-bond donors (Lipinski definition) is 2. The number of anilines is 1. The Balaban J connectivity index is 1.42. The molecule has 0 spiro atoms. The number of methoxy groups -OCH3 is 1. The Hall–Kier alpha value is -3.76. The first kappa shape index (κ1) is 28.8. The van der Waals surface area contributed by atoms with E-state index < -0.39 is 17.1 Å². The van der Waals surface area contributed by atoms with Crippen LogP contribution >= 0.6 is 0 Å². The molecule has 0 bridgehead atoms. The van der Waals surface area contributed by atoms with Gasteiger partial charge < -0.3 is 24.7 Å². The third-order valence-corrected chi connectivity index (χ3v) is 8.45. The van der Waals surface area contributed by atoms with Crippen molar-refractivity contribution in [3.8, 4) is 0 Å². The average Bonchev–Trinajstić information content (AvgIpc) is 3.01. The minimum absolute atomic E-state index is 0.0321. The molecular formula is C32H33N3O5S. The Kier molecular flexibility index (Phi) is 9.63. The van der Waals surface area contributed by atoms with E-state index in [2.05, 4.69) is 15.6 Å². The fraction of sp³-hybridized carbons (Fsp3) is 0.281. The van der Waals surface area contributed by atoms with Gasteiger partial charge in [-0.2, -0.15) is 4.98 Å². The number of hydrogen-bond acceptors (Lipinski definition) is 6. The number of aromatic nitrogens is 1. The molecular weight excluding hydrogens is 538 g/mol. The molecule has 1 atom stereocenters. The molecule has 3 aromatic carbocycles. The van der Waals surface area contributed by atoms with E-state index in [0.29, 0.717) is 37.8 Å². The van der Waals surface area contributed by atoms with Gasteiger partial charge in [0.05, 0.1) is 12.3 Å². The number of carbonyl (C=O) groups excluding carboxylic acids is 2. The lowest BCUT2D eigenvalue weighted by atomic mass is 9.99. The third kappa shape index (κ3) is 7.12. The van der Waals surface area contributed by atoms with E-state index in [4.69, 9.17) is 9.47 Å². The highest BCUT2D eigenvalue weighted by Gasteiger charge is 2.24. The highest BCUT2D eigenvalue weighted by Crippen LogP contribution is 2.26. The molecule has 1 unspecified atom stereocenters. The normalized spacial score (nSPS) is 14.5. The summed E-state index contributed by atoms with van der Waals surface area (Å²) in [6.07, 6.45) is 1.73. The minimum atomic E-state index is -1.48. The fourth-order valence-corrected chi connectivity index (χ4v) is 6.00. The molecule has 212 valence electrons. The summed E-state index contributed by atoms with van der Waals surface area (Å²) in [5.41, 5.74) is 2.62. The lowest BCUT2D eigenvalue weighted by Gasteiger charge is -2.22. The van der Waals surface area contributed by atoms with Gasteiger partial charge >= 0.3 is 0 Å². The molecule has 41 heavy (non-hydrogen) atoms. The predicted molar refractivity (Wildman–Crippen MR) is 159 cm³/mol. The topological polar surface area (TPSA) is 113 Å². The number of fused-ring (bicyclic) bond motifs is 1. The van der Waals surface area contributed by atoms with Gasteiger partial charge in [-0.1, -0.05) is 60.7 Å². The largest absolute Gasteiger partial charge is 0.610 e. The van der Waals surface area contributed by atoms with Crippen molar-refractivity contribution in [1.29, 1.82) is 0 Å². The van der Waals surface area contributed by atoms with E-state index in [1.807, 2.05) is 60.7 Å². The molecule has 8 nitrogen and oxygen atoms in total. The van der Waals surface area contributed by atoms with Crippen molar-refractivity contribution in [2.45, 2.75) is 30.2 Å². The van der Waals surface area contributed by atoms with Crippen LogP contribution in [0.4, 0.5) is 5.69 Å². The Morgan fingerprint density at radius 1 is 0.951 bits per heavy atom. The number of carbonyl (C=O) groups is 2. The van der Waals surface area contributed by atoms with Crippen LogP contribution in [0.5, 0.6) is 0 Å². The molecule has 2 heterocycles. The van der Waals surface area contributed by atoms with Gasteiger partial charge in [-0.05, 0) is 47.2 Å². The van der Waals surface area contributed by atoms with Crippen LogP contribution in [0.1, 0.15) is 44.8 Å². The Morgan fingerprint density at radius 2 is 1.68 bits per heavy atom. The number of amides is 2. The number of rotatable bonds is 10. The minimum Gasteiger partial charge on any atom is -0.610 e. The van der Waals surface area contributed by atoms with Crippen LogP contribution in [0.25, 0.3) is 10.8 Å². The van der Waals surface area contributed by atoms with Gasteiger partial charge in [-0.15, -0.1) is 0 Å². The van der Waals surface area contributed by atoms with Gasteiger partial charge in [0.15, 0.2) is 5.69 Å². The van der Waals surface area contributed by atoms with Crippen molar-refractivity contribution in [2.75, 3.05) is 32.2 Å². The maximum absolute atomic E-state index is 13.6. The average molecular weight is 572 g/mol. The third-order valence-electron chi connectivity index (χ3n) is 7.16. The van der Waals surface area contributed by atoms with Gasteiger partial charge in [0.2, 0.25) is 5.03 Å². The van der Waals surface area contributed by atoms with Crippen LogP contribution in [0.15, 0.2) is 83.9 Å². The highest BCUT2D eigenvalue weighted by molar-refractivity contribution is 7.90. The number of benzene rings is 3. The van der Waals surface area contributed by atoms with Crippen molar-refractivity contribution in [3.05, 3.63) is 101 Å². The molecule has 5 rings (SSSR count). The van der Waals surface area contributed by atoms with Crippen molar-refractivity contribution >= 4 is 39.5 Å². The number of nitrogens with one attached hydrogen (secondary N) is 2. The molecule has 4 aromatic rings. The smallest absolute Gasteiger partial charge is 0.272 e. The van der Waals surface area contributed by atoms with Gasteiger partial charge in [0, 0.05) is 55.2 Å². The standard InChI is InChI=1S/C32H33N3O5S/c1-39-20-24-11-12-27(26-10-6-5-9-25(24)26)31(36)34-28-13-14-29(41(38)21-23-7-3-2-4-8-23)35-30(28)32(37)33-19-22-15-17-40-18-16-22/h2-14,22H,15-21H2,1H3,(H,33,37)(H,34,36). The number of nitrogens with zero attached hydrogens (tertiary/aromatic N) is 1. The molecule has 0 radical (unpaired) electrons. The first-order chi connectivity index (χ1) is 20.0. The number of pyridine rings is 1. The first-order valence-corrected chi connectivity index (χ1v) is 15.0. The van der Waals surface area contributed by atoms with E-state index in [9.17, 15) is 14.1 Å². The van der Waals surface area contributed by atoms with Crippen LogP contribution in [0.3, 0.4) is 0 Å². The van der Waals surface area contributed by atoms with E-state index in [1.54, 1.807) is 25.3 Å². The summed E-state index contributed by atoms with van der Waals surface area (Å²) in [6, 6.07) is 23.9. The summed E-state index contributed by atoms with van der Waals surface area (Å²) in [4.78, 5) is 31.5. The summed E-state index contributed by atoms with van der Waals surface area (Å²) in [6.45, 7) is 2.24. The maximum atomic E-state index is 13.6. The fourth-order valence-electron chi connectivity index (χ4n) is 4.94. The molecule has 0 aliphatic carbocycles. The summed E-state index contributed by atoms with van der Waals surface area (Å²) < 4.78 is 23.9. The van der Waals surface area contributed by atoms with Gasteiger partial charge in [-0.3, -0.25) is 9.59 Å². The second-order valence-electron chi connectivity index (χ2n) is 9.99. The highest BCUT2D eigenvalue weighted by atomic mass is 32.2.